The normalized spacial score (nSPS) is 33.1. The fourth-order valence-electron chi connectivity index (χ4n) is 25.8. The van der Waals surface area contributed by atoms with Gasteiger partial charge in [0.25, 0.3) is 16.7 Å². The third kappa shape index (κ3) is 14.8. The van der Waals surface area contributed by atoms with Crippen LogP contribution in [0.2, 0.25) is 0 Å². The lowest BCUT2D eigenvalue weighted by molar-refractivity contribution is -0.117. The highest BCUT2D eigenvalue weighted by Crippen LogP contribution is 2.52. The number of aromatic nitrogens is 8. The van der Waals surface area contributed by atoms with Gasteiger partial charge in [-0.1, -0.05) is 120 Å². The van der Waals surface area contributed by atoms with E-state index in [-0.39, 0.29) is 81.9 Å². The fourth-order valence-corrected chi connectivity index (χ4v) is 25.8. The molecule has 14 aliphatic rings. The molecule has 0 spiro atoms. The lowest BCUT2D eigenvalue weighted by Gasteiger charge is -2.55. The number of carbonyl (C=O) groups excluding carboxylic acids is 3. The molecular weight excluding hydrogens is 1470 g/mol. The average molecular weight is 1580 g/mol. The van der Waals surface area contributed by atoms with Crippen LogP contribution in [-0.2, 0) is 4.79 Å². The number of halogens is 2. The maximum Gasteiger partial charge on any atom is 0.353 e. The molecule has 116 heavy (non-hydrogen) atoms. The van der Waals surface area contributed by atoms with Crippen LogP contribution in [0.4, 0.5) is 30.0 Å². The second-order valence-electron chi connectivity index (χ2n) is 37.6. The summed E-state index contributed by atoms with van der Waals surface area (Å²) in [6.45, 7) is 6.48. The molecule has 6 aliphatic carbocycles. The van der Waals surface area contributed by atoms with Crippen LogP contribution >= 0.6 is 0 Å². The molecule has 24 heteroatoms. The fraction of sp³-hybridized carbons (Fsp3) is 0.598. The maximum atomic E-state index is 14.4. The van der Waals surface area contributed by atoms with Gasteiger partial charge in [0.1, 0.15) is 5.78 Å². The summed E-state index contributed by atoms with van der Waals surface area (Å²) < 4.78 is 35.5. The lowest BCUT2D eigenvalue weighted by Crippen LogP contribution is -2.58. The number of aryl methyl sites for hydroxylation is 1. The summed E-state index contributed by atoms with van der Waals surface area (Å²) in [5, 5.41) is 5.24. The summed E-state index contributed by atoms with van der Waals surface area (Å²) in [6, 6.07) is 26.7. The van der Waals surface area contributed by atoms with Crippen LogP contribution in [0.15, 0.2) is 135 Å². The first-order valence-corrected chi connectivity index (χ1v) is 44.4. The van der Waals surface area contributed by atoms with Crippen LogP contribution in [0.5, 0.6) is 0 Å². The zero-order chi connectivity index (χ0) is 79.3. The van der Waals surface area contributed by atoms with Crippen LogP contribution in [0.3, 0.4) is 0 Å². The van der Waals surface area contributed by atoms with E-state index in [1.165, 1.54) is 192 Å². The molecule has 12 heterocycles. The minimum atomic E-state index is -0.690. The Bertz CT molecular complexity index is 5230. The Morgan fingerprint density at radius 1 is 0.431 bits per heavy atom. The Hall–Kier alpha value is -8.87. The predicted octanol–water partition coefficient (Wildman–Crippen LogP) is 16.0. The third-order valence-corrected chi connectivity index (χ3v) is 30.3. The summed E-state index contributed by atoms with van der Waals surface area (Å²) in [7, 11) is 0. The number of amides is 4. The molecule has 12 bridgehead atoms. The number of fused-ring (bicyclic) bond motifs is 15. The van der Waals surface area contributed by atoms with E-state index in [9.17, 15) is 42.3 Å². The molecule has 3 aromatic carbocycles. The number of para-hydroxylation sites is 6. The van der Waals surface area contributed by atoms with Gasteiger partial charge in [-0.15, -0.1) is 0 Å². The average Bonchev–Trinajstić information content (AvgIpc) is 0.750. The first-order valence-electron chi connectivity index (χ1n) is 44.4. The zero-order valence-electron chi connectivity index (χ0n) is 67.4. The lowest BCUT2D eigenvalue weighted by atomic mass is 9.68. The Morgan fingerprint density at radius 3 is 1.16 bits per heavy atom. The molecule has 6 saturated heterocycles. The van der Waals surface area contributed by atoms with Crippen molar-refractivity contribution in [1.82, 2.24) is 63.5 Å². The second kappa shape index (κ2) is 32.1. The number of urea groups is 2. The Balaban J connectivity index is 0.000000116. The summed E-state index contributed by atoms with van der Waals surface area (Å²) in [4.78, 5) is 121. The molecule has 7 aromatic rings. The minimum absolute atomic E-state index is 0.00270. The summed E-state index contributed by atoms with van der Waals surface area (Å²) in [5.41, 5.74) is 2.67. The number of benzene rings is 3. The second-order valence-corrected chi connectivity index (χ2v) is 37.6. The van der Waals surface area contributed by atoms with Crippen molar-refractivity contribution >= 4 is 62.6 Å². The topological polar surface area (TPSA) is 231 Å². The van der Waals surface area contributed by atoms with E-state index in [2.05, 4.69) is 51.8 Å². The number of hydrogen-bond donors (Lipinski definition) is 2. The van der Waals surface area contributed by atoms with Crippen LogP contribution in [0, 0.1) is 48.2 Å². The van der Waals surface area contributed by atoms with E-state index >= 15 is 0 Å². The van der Waals surface area contributed by atoms with E-state index in [1.807, 2.05) is 86.5 Å². The van der Waals surface area contributed by atoms with Gasteiger partial charge < -0.3 is 24.3 Å². The van der Waals surface area contributed by atoms with Crippen LogP contribution < -0.4 is 42.8 Å². The molecule has 4 amide bonds. The Morgan fingerprint density at radius 2 is 0.784 bits per heavy atom. The number of nitrogens with zero attached hydrogens (tertiary/aromatic N) is 13. The van der Waals surface area contributed by atoms with Crippen molar-refractivity contribution in [3.8, 4) is 5.82 Å². The van der Waals surface area contributed by atoms with Gasteiger partial charge in [-0.2, -0.15) is 4.98 Å². The molecule has 21 rings (SSSR count). The quantitative estimate of drug-likeness (QED) is 0.123. The maximum absolute atomic E-state index is 14.4. The third-order valence-electron chi connectivity index (χ3n) is 30.3. The van der Waals surface area contributed by atoms with Crippen molar-refractivity contribution in [3.05, 3.63) is 169 Å². The van der Waals surface area contributed by atoms with Gasteiger partial charge in [-0.25, -0.2) is 52.5 Å². The van der Waals surface area contributed by atoms with Crippen LogP contribution in [0.1, 0.15) is 249 Å². The Kier molecular flexibility index (Phi) is 21.3. The zero-order valence-corrected chi connectivity index (χ0v) is 67.4. The summed E-state index contributed by atoms with van der Waals surface area (Å²) in [5.74, 6) is 4.03. The van der Waals surface area contributed by atoms with Gasteiger partial charge >= 0.3 is 17.8 Å². The number of nitrogens with one attached hydrogen (secondary N) is 2. The SMILES string of the molecule is C=C1NC(=O)N(c2nc3ccccc3n(C3C[C@H]4CCC[C@@H](C3)N4C3C[C@H]4CCC[C@@H](C3)C4)c2=O)C=C1F.CC(=O)CC1C=CN(c2nc3ccccc3n(C3C[C@H]4CCC[C@@H](C3)N4C3C[C@H]4CCC[C@@H](C3)C4)c2=O)C(=O)N1.Cc1nc(=O)n(-c2nc3ccccc3n(C3C[C@H]4CCC[C@@H](C3)N4C3C[C@H]4CCC[C@@H](C3)C4)c2=O)cc1F. The molecule has 8 aliphatic heterocycles. The van der Waals surface area contributed by atoms with Gasteiger partial charge in [0.05, 0.1) is 62.9 Å². The monoisotopic (exact) mass is 1580 g/mol. The van der Waals surface area contributed by atoms with Gasteiger partial charge in [-0.05, 0) is 227 Å². The van der Waals surface area contributed by atoms with Gasteiger partial charge in [-0.3, -0.25) is 33.9 Å². The van der Waals surface area contributed by atoms with E-state index in [0.29, 0.717) is 65.4 Å². The largest absolute Gasteiger partial charge is 0.353 e. The number of Topliss-reactive ketones (excluding diaryl/α,β-unsaturated/α-hetero) is 1. The standard InChI is InChI=1S/C32H41N5O3.2C30H36FN5O2/c1-20(38)14-23-12-13-35(32(40)33-23)30-31(39)37(29-11-3-2-10-28(29)34-30)27-18-24-8-5-9-25(19-27)36(24)26-16-21-6-4-7-22(15-21)17-26;2*1-18-25(31)17-34(30(38)32-18)28-29(37)36(27-11-3-2-10-26(27)33-28)24-15-21-8-5-9-22(16-24)35(21)23-13-19-6-4-7-20(12-19)14-23/h2-3,10-13,21-27H,4-9,14-19H2,1H3,(H,33,40);2-3,10-11,17,19-24H,4-9,12-16H2,1H3;2-3,10-11,17,19-24H,1,4-9,12-16H2,(H,32,38)/t21-,22+,23?,24-,25+,26?,27?;2*19-,20+,21-,22+,23?,24?. The smallest absolute Gasteiger partial charge is 0.331 e. The molecular formula is C92H113F2N15O7. The molecule has 2 N–H and O–H groups in total. The number of anilines is 2. The number of ketones is 1. The summed E-state index contributed by atoms with van der Waals surface area (Å²) in [6.07, 6.45) is 47.2. The molecule has 19 atom stereocenters. The first-order chi connectivity index (χ1) is 56.4. The molecule has 0 radical (unpaired) electrons. The van der Waals surface area contributed by atoms with Crippen molar-refractivity contribution in [2.75, 3.05) is 9.80 Å². The highest BCUT2D eigenvalue weighted by atomic mass is 19.1. The van der Waals surface area contributed by atoms with E-state index < -0.39 is 29.4 Å². The summed E-state index contributed by atoms with van der Waals surface area (Å²) >= 11 is 0. The highest BCUT2D eigenvalue weighted by molar-refractivity contribution is 5.97. The van der Waals surface area contributed by atoms with E-state index in [1.54, 1.807) is 12.3 Å². The Labute approximate surface area is 676 Å². The number of allylic oxidation sites excluding steroid dienone is 1. The molecule has 6 saturated carbocycles. The molecule has 22 nitrogen and oxygen atoms in total. The minimum Gasteiger partial charge on any atom is -0.331 e. The van der Waals surface area contributed by atoms with Gasteiger partial charge in [0.15, 0.2) is 11.6 Å². The van der Waals surface area contributed by atoms with Crippen molar-refractivity contribution in [2.45, 2.75) is 311 Å². The number of piperidine rings is 6. The number of rotatable bonds is 11. The van der Waals surface area contributed by atoms with Crippen molar-refractivity contribution in [2.24, 2.45) is 35.5 Å². The molecule has 12 fully saturated rings. The molecule has 612 valence electrons. The van der Waals surface area contributed by atoms with Crippen LogP contribution in [-0.4, -0.2) is 131 Å². The van der Waals surface area contributed by atoms with Gasteiger partial charge in [0, 0.05) is 85.1 Å². The van der Waals surface area contributed by atoms with Crippen molar-refractivity contribution in [3.63, 3.8) is 0 Å². The van der Waals surface area contributed by atoms with Crippen molar-refractivity contribution < 1.29 is 23.2 Å². The predicted molar refractivity (Wildman–Crippen MR) is 445 cm³/mol. The van der Waals surface area contributed by atoms with Crippen LogP contribution in [0.25, 0.3) is 38.9 Å². The highest BCUT2D eigenvalue weighted by Gasteiger charge is 2.50. The van der Waals surface area contributed by atoms with E-state index in [0.717, 1.165) is 118 Å². The van der Waals surface area contributed by atoms with Gasteiger partial charge in [0.2, 0.25) is 17.5 Å². The molecule has 4 aromatic heterocycles. The molecule has 7 unspecified atom stereocenters. The van der Waals surface area contributed by atoms with Crippen molar-refractivity contribution in [1.29, 1.82) is 0 Å². The number of carbonyl (C=O) groups is 3. The first kappa shape index (κ1) is 77.1. The number of hydrogen-bond acceptors (Lipinski definition) is 14. The van der Waals surface area contributed by atoms with E-state index in [4.69, 9.17) is 0 Å².